The first kappa shape index (κ1) is 23.1. The van der Waals surface area contributed by atoms with Crippen LogP contribution < -0.4 is 10.0 Å². The van der Waals surface area contributed by atoms with Crippen LogP contribution in [0, 0.1) is 0 Å². The molecule has 34 heavy (non-hydrogen) atoms. The second kappa shape index (κ2) is 9.92. The van der Waals surface area contributed by atoms with Gasteiger partial charge in [0.1, 0.15) is 0 Å². The van der Waals surface area contributed by atoms with Crippen LogP contribution in [0.15, 0.2) is 35.7 Å². The molecule has 2 aromatic carbocycles. The molecular weight excluding hydrogens is 446 g/mol. The van der Waals surface area contributed by atoms with Gasteiger partial charge in [0.05, 0.1) is 5.41 Å². The van der Waals surface area contributed by atoms with E-state index in [1.165, 1.54) is 47.1 Å². The van der Waals surface area contributed by atoms with Crippen molar-refractivity contribution < 1.29 is 13.2 Å². The van der Waals surface area contributed by atoms with Crippen molar-refractivity contribution in [3.63, 3.8) is 0 Å². The minimum Gasteiger partial charge on any atom is -0.307 e. The first-order chi connectivity index (χ1) is 16.5. The van der Waals surface area contributed by atoms with Gasteiger partial charge in [-0.25, -0.2) is 17.9 Å². The Morgan fingerprint density at radius 1 is 0.912 bits per heavy atom. The van der Waals surface area contributed by atoms with Crippen LogP contribution in [0.25, 0.3) is 6.08 Å². The third-order valence-electron chi connectivity index (χ3n) is 7.19. The highest BCUT2D eigenvalue weighted by Crippen LogP contribution is 2.38. The topological polar surface area (TPSA) is 78.5 Å². The predicted molar refractivity (Wildman–Crippen MR) is 136 cm³/mol. The summed E-state index contributed by atoms with van der Waals surface area (Å²) in [5.74, 6) is 0. The molecule has 0 spiro atoms. The Hall–Kier alpha value is -2.64. The molecule has 1 fully saturated rings. The molecule has 2 N–H and O–H groups in total. The van der Waals surface area contributed by atoms with Gasteiger partial charge >= 0.3 is 6.03 Å². The molecule has 2 amide bonds. The second-order valence-electron chi connectivity index (χ2n) is 9.72. The maximum Gasteiger partial charge on any atom is 0.333 e. The van der Waals surface area contributed by atoms with Crippen LogP contribution in [-0.4, -0.2) is 32.4 Å². The van der Waals surface area contributed by atoms with Crippen molar-refractivity contribution in [1.29, 1.82) is 0 Å². The van der Waals surface area contributed by atoms with Gasteiger partial charge in [0.15, 0.2) is 0 Å². The van der Waals surface area contributed by atoms with E-state index in [-0.39, 0.29) is 0 Å². The number of nitrogens with one attached hydrogen (secondary N) is 2. The van der Waals surface area contributed by atoms with Crippen molar-refractivity contribution in [2.24, 2.45) is 0 Å². The Kier molecular flexibility index (Phi) is 6.75. The van der Waals surface area contributed by atoms with Crippen LogP contribution in [0.5, 0.6) is 0 Å². The first-order valence-corrected chi connectivity index (χ1v) is 14.0. The molecule has 2 aliphatic carbocycles. The van der Waals surface area contributed by atoms with Crippen molar-refractivity contribution in [3.8, 4) is 0 Å². The maximum absolute atomic E-state index is 12.7. The Balaban J connectivity index is 1.24. The molecule has 1 aliphatic heterocycles. The summed E-state index contributed by atoms with van der Waals surface area (Å²) in [6.07, 6.45) is 11.4. The summed E-state index contributed by atoms with van der Waals surface area (Å²) in [7, 11) is -3.92. The number of carbonyl (C=O) groups excluding carboxylic acids is 1. The number of hydrogen-bond acceptors (Lipinski definition) is 4. The summed E-state index contributed by atoms with van der Waals surface area (Å²) in [6.45, 7) is 3.10. The summed E-state index contributed by atoms with van der Waals surface area (Å²) in [6, 6.07) is 9.50. The molecule has 0 bridgehead atoms. The van der Waals surface area contributed by atoms with E-state index in [0.29, 0.717) is 0 Å². The number of sulfonamides is 1. The minimum absolute atomic E-state index is 0.696. The molecule has 1 saturated heterocycles. The lowest BCUT2D eigenvalue weighted by molar-refractivity contribution is 0.221. The Morgan fingerprint density at radius 3 is 2.32 bits per heavy atom. The fourth-order valence-electron chi connectivity index (χ4n) is 5.61. The molecule has 6 nitrogen and oxygen atoms in total. The summed E-state index contributed by atoms with van der Waals surface area (Å²) in [4.78, 5) is 15.1. The zero-order valence-corrected chi connectivity index (χ0v) is 20.4. The normalized spacial score (nSPS) is 18.1. The van der Waals surface area contributed by atoms with Gasteiger partial charge < -0.3 is 5.32 Å². The SMILES string of the molecule is O=C(Nc1c2c(cc3c1CCC3)CCC2)NS(=O)(=O)/C=C/c1cccc(CN2CCCCC2)c1. The number of carbonyl (C=O) groups is 1. The van der Waals surface area contributed by atoms with Crippen LogP contribution in [-0.2, 0) is 42.3 Å². The van der Waals surface area contributed by atoms with E-state index in [2.05, 4.69) is 27.1 Å². The molecule has 0 aromatic heterocycles. The molecule has 5 rings (SSSR count). The van der Waals surface area contributed by atoms with Crippen LogP contribution in [0.4, 0.5) is 10.5 Å². The van der Waals surface area contributed by atoms with E-state index in [4.69, 9.17) is 0 Å². The summed E-state index contributed by atoms with van der Waals surface area (Å²) in [5.41, 5.74) is 7.75. The van der Waals surface area contributed by atoms with Gasteiger partial charge in [-0.1, -0.05) is 36.8 Å². The largest absolute Gasteiger partial charge is 0.333 e. The molecule has 2 aromatic rings. The number of rotatable bonds is 6. The van der Waals surface area contributed by atoms with E-state index < -0.39 is 16.1 Å². The minimum atomic E-state index is -3.92. The zero-order valence-electron chi connectivity index (χ0n) is 19.6. The van der Waals surface area contributed by atoms with Gasteiger partial charge in [-0.05, 0) is 104 Å². The van der Waals surface area contributed by atoms with Crippen LogP contribution in [0.2, 0.25) is 0 Å². The lowest BCUT2D eigenvalue weighted by Crippen LogP contribution is -2.33. The molecule has 0 radical (unpaired) electrons. The van der Waals surface area contributed by atoms with Crippen molar-refractivity contribution in [2.45, 2.75) is 64.3 Å². The van der Waals surface area contributed by atoms with Crippen LogP contribution in [0.1, 0.15) is 65.5 Å². The Labute approximate surface area is 202 Å². The van der Waals surface area contributed by atoms with Gasteiger partial charge in [-0.2, -0.15) is 0 Å². The van der Waals surface area contributed by atoms with Gasteiger partial charge in [-0.3, -0.25) is 4.90 Å². The van der Waals surface area contributed by atoms with Gasteiger partial charge in [-0.15, -0.1) is 0 Å². The first-order valence-electron chi connectivity index (χ1n) is 12.5. The second-order valence-corrected chi connectivity index (χ2v) is 11.3. The lowest BCUT2D eigenvalue weighted by atomic mass is 9.99. The smallest absolute Gasteiger partial charge is 0.307 e. The Morgan fingerprint density at radius 2 is 1.62 bits per heavy atom. The third kappa shape index (κ3) is 5.36. The number of piperidine rings is 1. The highest BCUT2D eigenvalue weighted by atomic mass is 32.2. The fraction of sp³-hybridized carbons (Fsp3) is 0.444. The summed E-state index contributed by atoms with van der Waals surface area (Å²) >= 11 is 0. The standard InChI is InChI=1S/C27H33N3O3S/c31-27(28-26-24-11-5-9-22(24)18-23-10-6-12-25(23)26)29-34(32,33)16-13-20-7-4-8-21(17-20)19-30-14-2-1-3-15-30/h4,7-8,13,16-18H,1-3,5-6,9-12,14-15,19H2,(H2,28,29,31)/b16-13+. The molecular formula is C27H33N3O3S. The summed E-state index contributed by atoms with van der Waals surface area (Å²) in [5, 5.41) is 3.96. The highest BCUT2D eigenvalue weighted by Gasteiger charge is 2.25. The van der Waals surface area contributed by atoms with E-state index in [0.717, 1.165) is 74.8 Å². The van der Waals surface area contributed by atoms with E-state index >= 15 is 0 Å². The molecule has 0 unspecified atom stereocenters. The molecule has 3 aliphatic rings. The van der Waals surface area contributed by atoms with Gasteiger partial charge in [0.25, 0.3) is 10.0 Å². The average molecular weight is 480 g/mol. The number of anilines is 1. The van der Waals surface area contributed by atoms with E-state index in [9.17, 15) is 13.2 Å². The van der Waals surface area contributed by atoms with Gasteiger partial charge in [0.2, 0.25) is 0 Å². The van der Waals surface area contributed by atoms with E-state index in [1.54, 1.807) is 6.08 Å². The lowest BCUT2D eigenvalue weighted by Gasteiger charge is -2.26. The number of fused-ring (bicyclic) bond motifs is 2. The van der Waals surface area contributed by atoms with Crippen molar-refractivity contribution >= 4 is 27.8 Å². The van der Waals surface area contributed by atoms with Gasteiger partial charge in [0, 0.05) is 12.2 Å². The molecule has 7 heteroatoms. The Bertz CT molecular complexity index is 1180. The quantitative estimate of drug-likeness (QED) is 0.626. The molecule has 1 heterocycles. The fourth-order valence-corrected chi connectivity index (χ4v) is 6.32. The summed E-state index contributed by atoms with van der Waals surface area (Å²) < 4.78 is 27.4. The molecule has 180 valence electrons. The van der Waals surface area contributed by atoms with Crippen LogP contribution >= 0.6 is 0 Å². The number of urea groups is 1. The van der Waals surface area contributed by atoms with Crippen LogP contribution in [0.3, 0.4) is 0 Å². The number of nitrogens with zero attached hydrogens (tertiary/aromatic N) is 1. The highest BCUT2D eigenvalue weighted by molar-refractivity contribution is 7.93. The van der Waals surface area contributed by atoms with Crippen molar-refractivity contribution in [2.75, 3.05) is 18.4 Å². The third-order valence-corrected chi connectivity index (χ3v) is 8.16. The predicted octanol–water partition coefficient (Wildman–Crippen LogP) is 4.77. The number of likely N-dealkylation sites (tertiary alicyclic amines) is 1. The number of benzene rings is 2. The number of aryl methyl sites for hydroxylation is 2. The zero-order chi connectivity index (χ0) is 23.5. The monoisotopic (exact) mass is 479 g/mol. The number of amides is 2. The van der Waals surface area contributed by atoms with Crippen molar-refractivity contribution in [1.82, 2.24) is 9.62 Å². The van der Waals surface area contributed by atoms with Crippen molar-refractivity contribution in [3.05, 3.63) is 69.1 Å². The molecule has 0 atom stereocenters. The maximum atomic E-state index is 12.7. The van der Waals surface area contributed by atoms with E-state index in [1.807, 2.05) is 18.2 Å². The molecule has 0 saturated carbocycles. The number of hydrogen-bond donors (Lipinski definition) is 2. The average Bonchev–Trinajstić information content (AvgIpc) is 3.48.